The Morgan fingerprint density at radius 2 is 2.28 bits per heavy atom. The second-order valence-electron chi connectivity index (χ2n) is 3.08. The van der Waals surface area contributed by atoms with Crippen LogP contribution in [0.5, 0.6) is 5.75 Å². The van der Waals surface area contributed by atoms with Crippen molar-refractivity contribution in [3.05, 3.63) is 44.7 Å². The summed E-state index contributed by atoms with van der Waals surface area (Å²) in [6.45, 7) is 0. The number of halogens is 1. The molecule has 0 saturated carbocycles. The molecule has 8 heteroatoms. The maximum Gasteiger partial charge on any atom is 0.337 e. The molecule has 0 saturated heterocycles. The number of aromatic carboxylic acids is 1. The van der Waals surface area contributed by atoms with Gasteiger partial charge in [-0.05, 0) is 22.0 Å². The molecule has 0 atom stereocenters. The summed E-state index contributed by atoms with van der Waals surface area (Å²) in [5.74, 6) is -0.743. The van der Waals surface area contributed by atoms with E-state index in [2.05, 4.69) is 21.2 Å². The molecule has 0 unspecified atom stereocenters. The SMILES string of the molecule is COc1cc(N/C=C/[N+](=O)[O-])c(C(=O)O)cc1Br. The lowest BCUT2D eigenvalue weighted by molar-refractivity contribution is -0.402. The fourth-order valence-corrected chi connectivity index (χ4v) is 1.70. The number of hydrogen-bond donors (Lipinski definition) is 2. The van der Waals surface area contributed by atoms with Gasteiger partial charge in [-0.15, -0.1) is 0 Å². The first-order valence-electron chi connectivity index (χ1n) is 4.63. The van der Waals surface area contributed by atoms with Gasteiger partial charge in [0.05, 0.1) is 34.0 Å². The third-order valence-electron chi connectivity index (χ3n) is 1.96. The average Bonchev–Trinajstić information content (AvgIpc) is 2.29. The summed E-state index contributed by atoms with van der Waals surface area (Å²) in [6.07, 6.45) is 1.70. The number of hydrogen-bond acceptors (Lipinski definition) is 5. The minimum Gasteiger partial charge on any atom is -0.495 e. The lowest BCUT2D eigenvalue weighted by atomic mass is 10.1. The smallest absolute Gasteiger partial charge is 0.337 e. The lowest BCUT2D eigenvalue weighted by Gasteiger charge is -2.09. The van der Waals surface area contributed by atoms with Gasteiger partial charge in [0.15, 0.2) is 0 Å². The topological polar surface area (TPSA) is 102 Å². The van der Waals surface area contributed by atoms with Crippen molar-refractivity contribution in [2.45, 2.75) is 0 Å². The van der Waals surface area contributed by atoms with Gasteiger partial charge in [0, 0.05) is 6.07 Å². The van der Waals surface area contributed by atoms with Crippen molar-refractivity contribution >= 4 is 27.6 Å². The summed E-state index contributed by atoms with van der Waals surface area (Å²) in [6, 6.07) is 2.78. The molecular weight excluding hydrogens is 308 g/mol. The van der Waals surface area contributed by atoms with Crippen LogP contribution in [0.15, 0.2) is 29.0 Å². The standard InChI is InChI=1S/C10H9BrN2O5/c1-18-9-5-8(12-2-3-13(16)17)6(10(14)15)4-7(9)11/h2-5,12H,1H3,(H,14,15)/b3-2+. The van der Waals surface area contributed by atoms with Crippen molar-refractivity contribution in [1.29, 1.82) is 0 Å². The van der Waals surface area contributed by atoms with Crippen molar-refractivity contribution in [3.8, 4) is 5.75 Å². The van der Waals surface area contributed by atoms with Gasteiger partial charge in [-0.2, -0.15) is 0 Å². The number of nitro groups is 1. The van der Waals surface area contributed by atoms with E-state index in [-0.39, 0.29) is 11.3 Å². The Balaban J connectivity index is 3.14. The van der Waals surface area contributed by atoms with Crippen molar-refractivity contribution in [2.75, 3.05) is 12.4 Å². The van der Waals surface area contributed by atoms with Crippen molar-refractivity contribution in [2.24, 2.45) is 0 Å². The predicted octanol–water partition coefficient (Wildman–Crippen LogP) is 2.32. The number of carboxylic acids is 1. The number of benzene rings is 1. The maximum atomic E-state index is 11.0. The third-order valence-corrected chi connectivity index (χ3v) is 2.58. The molecule has 18 heavy (non-hydrogen) atoms. The van der Waals surface area contributed by atoms with E-state index in [9.17, 15) is 14.9 Å². The Morgan fingerprint density at radius 1 is 1.61 bits per heavy atom. The molecule has 1 aromatic rings. The zero-order valence-electron chi connectivity index (χ0n) is 9.21. The number of nitrogens with zero attached hydrogens (tertiary/aromatic N) is 1. The maximum absolute atomic E-state index is 11.0. The van der Waals surface area contributed by atoms with Gasteiger partial charge in [-0.1, -0.05) is 0 Å². The molecule has 0 amide bonds. The Kier molecular flexibility index (Phi) is 4.67. The summed E-state index contributed by atoms with van der Waals surface area (Å²) >= 11 is 3.16. The Hall–Kier alpha value is -2.09. The zero-order chi connectivity index (χ0) is 13.7. The molecule has 1 aromatic carbocycles. The molecule has 0 radical (unpaired) electrons. The Labute approximate surface area is 110 Å². The van der Waals surface area contributed by atoms with Crippen LogP contribution >= 0.6 is 15.9 Å². The van der Waals surface area contributed by atoms with E-state index in [1.165, 1.54) is 19.2 Å². The van der Waals surface area contributed by atoms with Gasteiger partial charge < -0.3 is 15.2 Å². The highest BCUT2D eigenvalue weighted by Gasteiger charge is 2.13. The zero-order valence-corrected chi connectivity index (χ0v) is 10.8. The first kappa shape index (κ1) is 14.0. The Morgan fingerprint density at radius 3 is 2.78 bits per heavy atom. The van der Waals surface area contributed by atoms with Crippen LogP contribution in [0.1, 0.15) is 10.4 Å². The third kappa shape index (κ3) is 3.45. The second-order valence-corrected chi connectivity index (χ2v) is 3.94. The number of nitrogens with one attached hydrogen (secondary N) is 1. The predicted molar refractivity (Wildman–Crippen MR) is 67.4 cm³/mol. The van der Waals surface area contributed by atoms with Gasteiger partial charge in [-0.3, -0.25) is 10.1 Å². The number of ether oxygens (including phenoxy) is 1. The molecular formula is C10H9BrN2O5. The van der Waals surface area contributed by atoms with Gasteiger partial charge in [-0.25, -0.2) is 4.79 Å². The number of anilines is 1. The first-order valence-corrected chi connectivity index (χ1v) is 5.42. The van der Waals surface area contributed by atoms with Crippen LogP contribution in [0.4, 0.5) is 5.69 Å². The highest BCUT2D eigenvalue weighted by atomic mass is 79.9. The van der Waals surface area contributed by atoms with E-state index in [1.54, 1.807) is 0 Å². The van der Waals surface area contributed by atoms with Gasteiger partial charge in [0.1, 0.15) is 5.75 Å². The van der Waals surface area contributed by atoms with Crippen LogP contribution in [0, 0.1) is 10.1 Å². The largest absolute Gasteiger partial charge is 0.495 e. The van der Waals surface area contributed by atoms with E-state index in [0.717, 1.165) is 6.20 Å². The van der Waals surface area contributed by atoms with Gasteiger partial charge in [0.2, 0.25) is 6.20 Å². The molecule has 0 spiro atoms. The number of rotatable bonds is 5. The first-order chi connectivity index (χ1) is 8.45. The van der Waals surface area contributed by atoms with Gasteiger partial charge >= 0.3 is 5.97 Å². The monoisotopic (exact) mass is 316 g/mol. The van der Waals surface area contributed by atoms with Crippen LogP contribution in [0.2, 0.25) is 0 Å². The lowest BCUT2D eigenvalue weighted by Crippen LogP contribution is -2.03. The van der Waals surface area contributed by atoms with E-state index in [1.807, 2.05) is 0 Å². The van der Waals surface area contributed by atoms with Crippen molar-refractivity contribution in [3.63, 3.8) is 0 Å². The average molecular weight is 317 g/mol. The summed E-state index contributed by atoms with van der Waals surface area (Å²) in [7, 11) is 1.43. The van der Waals surface area contributed by atoms with E-state index in [0.29, 0.717) is 16.4 Å². The number of carbonyl (C=O) groups is 1. The van der Waals surface area contributed by atoms with Crippen LogP contribution in [-0.4, -0.2) is 23.1 Å². The molecule has 0 aromatic heterocycles. The summed E-state index contributed by atoms with van der Waals surface area (Å²) in [5, 5.41) is 21.6. The van der Waals surface area contributed by atoms with Crippen LogP contribution in [0.25, 0.3) is 0 Å². The number of methoxy groups -OCH3 is 1. The molecule has 0 aliphatic rings. The molecule has 0 fully saturated rings. The molecule has 0 heterocycles. The van der Waals surface area contributed by atoms with Crippen molar-refractivity contribution < 1.29 is 19.6 Å². The molecule has 2 N–H and O–H groups in total. The van der Waals surface area contributed by atoms with Crippen LogP contribution < -0.4 is 10.1 Å². The second kappa shape index (κ2) is 6.01. The molecule has 96 valence electrons. The molecule has 7 nitrogen and oxygen atoms in total. The summed E-state index contributed by atoms with van der Waals surface area (Å²) in [4.78, 5) is 20.5. The van der Waals surface area contributed by atoms with E-state index < -0.39 is 10.9 Å². The van der Waals surface area contributed by atoms with Crippen molar-refractivity contribution in [1.82, 2.24) is 0 Å². The fourth-order valence-electron chi connectivity index (χ4n) is 1.19. The van der Waals surface area contributed by atoms with E-state index in [4.69, 9.17) is 9.84 Å². The molecule has 0 aliphatic carbocycles. The number of carboxylic acid groups (broad SMARTS) is 1. The highest BCUT2D eigenvalue weighted by molar-refractivity contribution is 9.10. The highest BCUT2D eigenvalue weighted by Crippen LogP contribution is 2.31. The minimum atomic E-state index is -1.16. The Bertz CT molecular complexity index is 515. The fraction of sp³-hybridized carbons (Fsp3) is 0.100. The molecule has 0 aliphatic heterocycles. The quantitative estimate of drug-likeness (QED) is 0.638. The van der Waals surface area contributed by atoms with E-state index >= 15 is 0 Å². The normalized spacial score (nSPS) is 10.3. The van der Waals surface area contributed by atoms with Crippen LogP contribution in [0.3, 0.4) is 0 Å². The minimum absolute atomic E-state index is 0.0318. The van der Waals surface area contributed by atoms with Gasteiger partial charge in [0.25, 0.3) is 0 Å². The summed E-state index contributed by atoms with van der Waals surface area (Å²) in [5.41, 5.74) is 0.163. The van der Waals surface area contributed by atoms with Crippen LogP contribution in [-0.2, 0) is 0 Å². The molecule has 0 bridgehead atoms. The summed E-state index contributed by atoms with van der Waals surface area (Å²) < 4.78 is 5.49. The molecule has 1 rings (SSSR count).